The highest BCUT2D eigenvalue weighted by atomic mass is 35.5. The number of hydrogen-bond donors (Lipinski definition) is 0. The maximum atomic E-state index is 5.90. The molecule has 0 aliphatic carbocycles. The van der Waals surface area contributed by atoms with Crippen molar-refractivity contribution < 1.29 is 0 Å². The van der Waals surface area contributed by atoms with Gasteiger partial charge in [-0.05, 0) is 12.5 Å². The molecular weight excluding hydrogens is 214 g/mol. The van der Waals surface area contributed by atoms with Crippen LogP contribution in [0.4, 0.5) is 0 Å². The minimum atomic E-state index is 0.229. The number of halogens is 1. The van der Waals surface area contributed by atoms with E-state index in [0.29, 0.717) is 9.75 Å². The van der Waals surface area contributed by atoms with Crippen LogP contribution in [0, 0.1) is 6.92 Å². The molecule has 0 amide bonds. The lowest BCUT2D eigenvalue weighted by Gasteiger charge is -2.12. The van der Waals surface area contributed by atoms with E-state index < -0.39 is 0 Å². The molecule has 0 bridgehead atoms. The minimum absolute atomic E-state index is 0.229. The average Bonchev–Trinajstić information content (AvgIpc) is 2.45. The molecule has 74 valence electrons. The third-order valence-electron chi connectivity index (χ3n) is 2.35. The average molecular weight is 226 g/mol. The number of aryl methyl sites for hydroxylation is 1. The van der Waals surface area contributed by atoms with E-state index in [0.717, 1.165) is 0 Å². The molecule has 0 spiro atoms. The summed E-state index contributed by atoms with van der Waals surface area (Å²) in [4.78, 5) is 4.43. The Morgan fingerprint density at radius 1 is 1.43 bits per heavy atom. The second-order valence-electron chi connectivity index (χ2n) is 3.56. The first-order valence-corrected chi connectivity index (χ1v) is 5.89. The maximum absolute atomic E-state index is 5.90. The van der Waals surface area contributed by atoms with Gasteiger partial charge < -0.3 is 0 Å². The van der Waals surface area contributed by atoms with E-state index in [1.807, 2.05) is 0 Å². The van der Waals surface area contributed by atoms with Crippen molar-refractivity contribution in [1.29, 1.82) is 0 Å². The van der Waals surface area contributed by atoms with Crippen LogP contribution in [0.2, 0.25) is 0 Å². The highest BCUT2D eigenvalue weighted by Gasteiger charge is 2.26. The molecule has 1 nitrogen and oxygen atoms in total. The lowest BCUT2D eigenvalue weighted by atomic mass is 10.0. The molecule has 3 heteroatoms. The van der Waals surface area contributed by atoms with Gasteiger partial charge in [0.15, 0.2) is 4.50 Å². The zero-order chi connectivity index (χ0) is 10.1. The Bertz CT molecular complexity index is 375. The van der Waals surface area contributed by atoms with Crippen molar-refractivity contribution >= 4 is 27.9 Å². The van der Waals surface area contributed by atoms with Gasteiger partial charge in [0.2, 0.25) is 0 Å². The van der Waals surface area contributed by atoms with Gasteiger partial charge in [-0.2, -0.15) is 0 Å². The van der Waals surface area contributed by atoms with Crippen LogP contribution >= 0.6 is 23.4 Å². The molecule has 1 aromatic carbocycles. The molecular formula is C11H12ClNS. The smallest absolute Gasteiger partial charge is 0.159 e. The second kappa shape index (κ2) is 3.95. The SMILES string of the molecule is Cc1cccc(C2N=C(Cl)SC2C)c1. The van der Waals surface area contributed by atoms with E-state index in [9.17, 15) is 0 Å². The van der Waals surface area contributed by atoms with Gasteiger partial charge in [0.25, 0.3) is 0 Å². The Morgan fingerprint density at radius 2 is 2.21 bits per heavy atom. The van der Waals surface area contributed by atoms with Crippen LogP contribution in [0.1, 0.15) is 24.1 Å². The van der Waals surface area contributed by atoms with Crippen LogP contribution in [0.5, 0.6) is 0 Å². The van der Waals surface area contributed by atoms with E-state index in [2.05, 4.69) is 43.1 Å². The van der Waals surface area contributed by atoms with Crippen LogP contribution in [-0.4, -0.2) is 9.75 Å². The van der Waals surface area contributed by atoms with Crippen molar-refractivity contribution in [1.82, 2.24) is 0 Å². The normalized spacial score (nSPS) is 26.4. The number of thioether (sulfide) groups is 1. The zero-order valence-electron chi connectivity index (χ0n) is 8.20. The Labute approximate surface area is 93.6 Å². The fourth-order valence-electron chi connectivity index (χ4n) is 1.66. The molecule has 0 saturated carbocycles. The highest BCUT2D eigenvalue weighted by molar-refractivity contribution is 8.17. The summed E-state index contributed by atoms with van der Waals surface area (Å²) in [5.41, 5.74) is 2.54. The lowest BCUT2D eigenvalue weighted by Crippen LogP contribution is -2.04. The van der Waals surface area contributed by atoms with Crippen molar-refractivity contribution in [2.45, 2.75) is 25.1 Å². The first-order chi connectivity index (χ1) is 6.66. The fraction of sp³-hybridized carbons (Fsp3) is 0.364. The molecule has 0 N–H and O–H groups in total. The van der Waals surface area contributed by atoms with Gasteiger partial charge in [0, 0.05) is 5.25 Å². The summed E-state index contributed by atoms with van der Waals surface area (Å²) in [6.45, 7) is 4.26. The number of aliphatic imine (C=N–C) groups is 1. The van der Waals surface area contributed by atoms with Crippen molar-refractivity contribution in [2.75, 3.05) is 0 Å². The monoisotopic (exact) mass is 225 g/mol. The van der Waals surface area contributed by atoms with Gasteiger partial charge in [-0.15, -0.1) is 0 Å². The van der Waals surface area contributed by atoms with Crippen LogP contribution in [0.15, 0.2) is 29.3 Å². The number of rotatable bonds is 1. The van der Waals surface area contributed by atoms with Gasteiger partial charge in [0.1, 0.15) is 0 Å². The van der Waals surface area contributed by atoms with Crippen LogP contribution in [-0.2, 0) is 0 Å². The lowest BCUT2D eigenvalue weighted by molar-refractivity contribution is 0.734. The molecule has 2 atom stereocenters. The largest absolute Gasteiger partial charge is 0.258 e. The summed E-state index contributed by atoms with van der Waals surface area (Å²) in [6, 6.07) is 8.70. The second-order valence-corrected chi connectivity index (χ2v) is 5.51. The van der Waals surface area contributed by atoms with Gasteiger partial charge in [-0.3, -0.25) is 4.99 Å². The van der Waals surface area contributed by atoms with E-state index in [-0.39, 0.29) is 6.04 Å². The predicted octanol–water partition coefficient (Wildman–Crippen LogP) is 3.77. The Hall–Kier alpha value is -0.470. The first kappa shape index (κ1) is 10.1. The Balaban J connectivity index is 2.31. The molecule has 1 aliphatic rings. The molecule has 0 radical (unpaired) electrons. The van der Waals surface area contributed by atoms with Crippen LogP contribution in [0.3, 0.4) is 0 Å². The summed E-state index contributed by atoms with van der Waals surface area (Å²) in [5.74, 6) is 0. The maximum Gasteiger partial charge on any atom is 0.159 e. The first-order valence-electron chi connectivity index (χ1n) is 4.63. The number of benzene rings is 1. The summed E-state index contributed by atoms with van der Waals surface area (Å²) < 4.78 is 0.684. The minimum Gasteiger partial charge on any atom is -0.258 e. The zero-order valence-corrected chi connectivity index (χ0v) is 9.77. The topological polar surface area (TPSA) is 12.4 Å². The molecule has 1 aromatic rings. The van der Waals surface area contributed by atoms with Crippen LogP contribution < -0.4 is 0 Å². The standard InChI is InChI=1S/C11H12ClNS/c1-7-4-3-5-9(6-7)10-8(2)14-11(12)13-10/h3-6,8,10H,1-2H3. The van der Waals surface area contributed by atoms with Crippen LogP contribution in [0.25, 0.3) is 0 Å². The quantitative estimate of drug-likeness (QED) is 0.709. The number of hydrogen-bond acceptors (Lipinski definition) is 2. The van der Waals surface area contributed by atoms with Crippen molar-refractivity contribution in [3.63, 3.8) is 0 Å². The molecule has 1 heterocycles. The van der Waals surface area contributed by atoms with E-state index in [1.54, 1.807) is 11.8 Å². The Kier molecular flexibility index (Phi) is 2.84. The molecule has 2 unspecified atom stereocenters. The summed E-state index contributed by atoms with van der Waals surface area (Å²) in [6.07, 6.45) is 0. The van der Waals surface area contributed by atoms with Gasteiger partial charge in [-0.25, -0.2) is 0 Å². The predicted molar refractivity (Wildman–Crippen MR) is 64.3 cm³/mol. The summed E-state index contributed by atoms with van der Waals surface area (Å²) in [7, 11) is 0. The summed E-state index contributed by atoms with van der Waals surface area (Å²) in [5, 5.41) is 0.448. The third-order valence-corrected chi connectivity index (χ3v) is 3.65. The van der Waals surface area contributed by atoms with Crippen molar-refractivity contribution in [3.8, 4) is 0 Å². The highest BCUT2D eigenvalue weighted by Crippen LogP contribution is 2.38. The van der Waals surface area contributed by atoms with Gasteiger partial charge in [0.05, 0.1) is 6.04 Å². The molecule has 1 aliphatic heterocycles. The molecule has 0 fully saturated rings. The fourth-order valence-corrected chi connectivity index (χ4v) is 3.02. The van der Waals surface area contributed by atoms with Crippen molar-refractivity contribution in [3.05, 3.63) is 35.4 Å². The molecule has 0 aromatic heterocycles. The summed E-state index contributed by atoms with van der Waals surface area (Å²) >= 11 is 7.55. The van der Waals surface area contributed by atoms with E-state index in [4.69, 9.17) is 11.6 Å². The molecule has 2 rings (SSSR count). The van der Waals surface area contributed by atoms with E-state index in [1.165, 1.54) is 11.1 Å². The van der Waals surface area contributed by atoms with Gasteiger partial charge >= 0.3 is 0 Å². The van der Waals surface area contributed by atoms with Crippen molar-refractivity contribution in [2.24, 2.45) is 4.99 Å². The number of nitrogens with zero attached hydrogens (tertiary/aromatic N) is 1. The molecule has 14 heavy (non-hydrogen) atoms. The van der Waals surface area contributed by atoms with E-state index >= 15 is 0 Å². The molecule has 0 saturated heterocycles. The third kappa shape index (κ3) is 1.96. The Morgan fingerprint density at radius 3 is 2.79 bits per heavy atom. The van der Waals surface area contributed by atoms with Gasteiger partial charge in [-0.1, -0.05) is 60.1 Å².